The number of methoxy groups -OCH3 is 1. The van der Waals surface area contributed by atoms with Crippen molar-refractivity contribution in [3.05, 3.63) is 35.9 Å². The molecule has 0 aliphatic heterocycles. The van der Waals surface area contributed by atoms with Crippen molar-refractivity contribution in [1.82, 2.24) is 0 Å². The minimum Gasteiger partial charge on any atom is -0.504 e. The lowest BCUT2D eigenvalue weighted by Crippen LogP contribution is -2.15. The lowest BCUT2D eigenvalue weighted by atomic mass is 9.81. The van der Waals surface area contributed by atoms with Crippen LogP contribution in [0.1, 0.15) is 32.8 Å². The maximum atomic E-state index is 9.76. The summed E-state index contributed by atoms with van der Waals surface area (Å²) in [6.07, 6.45) is 1.09. The van der Waals surface area contributed by atoms with Gasteiger partial charge in [-0.2, -0.15) is 0 Å². The Morgan fingerprint density at radius 3 is 2.44 bits per heavy atom. The second kappa shape index (κ2) is 4.52. The first-order valence-electron chi connectivity index (χ1n) is 6.29. The summed E-state index contributed by atoms with van der Waals surface area (Å²) in [5.41, 5.74) is 1.48. The molecule has 0 atom stereocenters. The highest BCUT2D eigenvalue weighted by molar-refractivity contribution is 5.86. The maximum Gasteiger partial charge on any atom is 0.161 e. The van der Waals surface area contributed by atoms with E-state index >= 15 is 0 Å². The van der Waals surface area contributed by atoms with E-state index in [0.717, 1.165) is 17.2 Å². The van der Waals surface area contributed by atoms with Crippen molar-refractivity contribution in [1.29, 1.82) is 0 Å². The number of aromatic hydroxyl groups is 1. The van der Waals surface area contributed by atoms with Crippen LogP contribution in [0.3, 0.4) is 0 Å². The molecule has 96 valence electrons. The lowest BCUT2D eigenvalue weighted by Gasteiger charge is -2.23. The van der Waals surface area contributed by atoms with Gasteiger partial charge >= 0.3 is 0 Å². The number of hydrogen-bond acceptors (Lipinski definition) is 2. The fraction of sp³-hybridized carbons (Fsp3) is 0.375. The van der Waals surface area contributed by atoms with Crippen molar-refractivity contribution in [2.75, 3.05) is 7.11 Å². The van der Waals surface area contributed by atoms with Gasteiger partial charge in [0.2, 0.25) is 0 Å². The van der Waals surface area contributed by atoms with Gasteiger partial charge in [-0.15, -0.1) is 0 Å². The molecule has 0 radical (unpaired) electrons. The van der Waals surface area contributed by atoms with Crippen molar-refractivity contribution in [3.63, 3.8) is 0 Å². The van der Waals surface area contributed by atoms with Gasteiger partial charge in [0.15, 0.2) is 11.5 Å². The number of phenols is 1. The average Bonchev–Trinajstić information content (AvgIpc) is 2.37. The monoisotopic (exact) mass is 244 g/mol. The normalized spacial score (nSPS) is 11.8. The molecule has 0 amide bonds. The zero-order chi connectivity index (χ0) is 13.3. The molecule has 18 heavy (non-hydrogen) atoms. The van der Waals surface area contributed by atoms with Gasteiger partial charge in [0.05, 0.1) is 7.11 Å². The Labute approximate surface area is 108 Å². The molecular weight excluding hydrogens is 224 g/mol. The predicted octanol–water partition coefficient (Wildman–Crippen LogP) is 4.24. The minimum absolute atomic E-state index is 0.166. The third-order valence-corrected chi connectivity index (χ3v) is 3.80. The first-order chi connectivity index (χ1) is 8.47. The molecule has 0 spiro atoms. The average molecular weight is 244 g/mol. The fourth-order valence-corrected chi connectivity index (χ4v) is 2.05. The molecule has 0 aliphatic carbocycles. The summed E-state index contributed by atoms with van der Waals surface area (Å²) in [7, 11) is 1.57. The summed E-state index contributed by atoms with van der Waals surface area (Å²) in [6, 6.07) is 10.0. The summed E-state index contributed by atoms with van der Waals surface area (Å²) in [5.74, 6) is 0.710. The molecule has 0 saturated carbocycles. The minimum atomic E-state index is 0.166. The quantitative estimate of drug-likeness (QED) is 0.875. The van der Waals surface area contributed by atoms with Crippen LogP contribution < -0.4 is 4.74 Å². The zero-order valence-corrected chi connectivity index (χ0v) is 11.4. The molecule has 0 aliphatic rings. The van der Waals surface area contributed by atoms with E-state index in [1.54, 1.807) is 13.2 Å². The van der Waals surface area contributed by atoms with Crippen LogP contribution in [0, 0.1) is 0 Å². The molecule has 0 fully saturated rings. The fourth-order valence-electron chi connectivity index (χ4n) is 2.05. The first-order valence-corrected chi connectivity index (χ1v) is 6.29. The number of benzene rings is 2. The molecule has 1 N–H and O–H groups in total. The van der Waals surface area contributed by atoms with Gasteiger partial charge in [-0.05, 0) is 40.3 Å². The topological polar surface area (TPSA) is 29.5 Å². The Morgan fingerprint density at radius 1 is 1.11 bits per heavy atom. The van der Waals surface area contributed by atoms with Crippen LogP contribution in [-0.4, -0.2) is 12.2 Å². The Balaban J connectivity index is 2.61. The van der Waals surface area contributed by atoms with E-state index in [9.17, 15) is 5.11 Å². The van der Waals surface area contributed by atoms with Gasteiger partial charge < -0.3 is 9.84 Å². The molecule has 0 aromatic heterocycles. The smallest absolute Gasteiger partial charge is 0.161 e. The van der Waals surface area contributed by atoms with Crippen LogP contribution in [0.5, 0.6) is 11.5 Å². The van der Waals surface area contributed by atoms with E-state index in [4.69, 9.17) is 4.74 Å². The molecule has 2 aromatic carbocycles. The second-order valence-electron chi connectivity index (χ2n) is 5.32. The van der Waals surface area contributed by atoms with Gasteiger partial charge in [-0.1, -0.05) is 39.0 Å². The number of rotatable bonds is 3. The van der Waals surface area contributed by atoms with Crippen LogP contribution in [0.4, 0.5) is 0 Å². The van der Waals surface area contributed by atoms with Crippen LogP contribution in [-0.2, 0) is 5.41 Å². The summed E-state index contributed by atoms with van der Waals surface area (Å²) >= 11 is 0. The van der Waals surface area contributed by atoms with Gasteiger partial charge in [-0.3, -0.25) is 0 Å². The largest absolute Gasteiger partial charge is 0.504 e. The second-order valence-corrected chi connectivity index (χ2v) is 5.32. The van der Waals surface area contributed by atoms with Crippen LogP contribution in [0.2, 0.25) is 0 Å². The summed E-state index contributed by atoms with van der Waals surface area (Å²) < 4.78 is 5.15. The van der Waals surface area contributed by atoms with Crippen molar-refractivity contribution < 1.29 is 9.84 Å². The van der Waals surface area contributed by atoms with E-state index in [2.05, 4.69) is 39.0 Å². The standard InChI is InChI=1S/C16H20O2/c1-5-16(2,3)13-7-6-11-9-14(17)15(18-4)10-12(11)8-13/h6-10,17H,5H2,1-4H3. The molecule has 0 bridgehead atoms. The highest BCUT2D eigenvalue weighted by Crippen LogP contribution is 2.34. The number of ether oxygens (including phenoxy) is 1. The SMILES string of the molecule is CCC(C)(C)c1ccc2cc(O)c(OC)cc2c1. The molecule has 0 heterocycles. The third-order valence-electron chi connectivity index (χ3n) is 3.80. The summed E-state index contributed by atoms with van der Waals surface area (Å²) in [5, 5.41) is 11.9. The van der Waals surface area contributed by atoms with Gasteiger partial charge in [0.1, 0.15) is 0 Å². The molecule has 2 aromatic rings. The molecule has 2 nitrogen and oxygen atoms in total. The van der Waals surface area contributed by atoms with Crippen LogP contribution >= 0.6 is 0 Å². The van der Waals surface area contributed by atoms with Gasteiger partial charge in [-0.25, -0.2) is 0 Å². The lowest BCUT2D eigenvalue weighted by molar-refractivity contribution is 0.374. The molecule has 0 saturated heterocycles. The number of fused-ring (bicyclic) bond motifs is 1. The van der Waals surface area contributed by atoms with Gasteiger partial charge in [0, 0.05) is 0 Å². The molecule has 2 heteroatoms. The highest BCUT2D eigenvalue weighted by atomic mass is 16.5. The Bertz CT molecular complexity index is 571. The van der Waals surface area contributed by atoms with E-state index in [0.29, 0.717) is 5.75 Å². The molecule has 0 unspecified atom stereocenters. The van der Waals surface area contributed by atoms with E-state index in [-0.39, 0.29) is 11.2 Å². The van der Waals surface area contributed by atoms with Crippen molar-refractivity contribution in [2.24, 2.45) is 0 Å². The van der Waals surface area contributed by atoms with Crippen LogP contribution in [0.15, 0.2) is 30.3 Å². The van der Waals surface area contributed by atoms with Crippen molar-refractivity contribution in [2.45, 2.75) is 32.6 Å². The van der Waals surface area contributed by atoms with E-state index < -0.39 is 0 Å². The summed E-state index contributed by atoms with van der Waals surface area (Å²) in [4.78, 5) is 0. The first kappa shape index (κ1) is 12.7. The van der Waals surface area contributed by atoms with Crippen molar-refractivity contribution >= 4 is 10.8 Å². The van der Waals surface area contributed by atoms with E-state index in [1.807, 2.05) is 6.07 Å². The summed E-state index contributed by atoms with van der Waals surface area (Å²) in [6.45, 7) is 6.68. The Hall–Kier alpha value is -1.70. The molecule has 2 rings (SSSR count). The Kier molecular flexibility index (Phi) is 3.20. The van der Waals surface area contributed by atoms with E-state index in [1.165, 1.54) is 5.56 Å². The number of phenolic OH excluding ortho intramolecular Hbond substituents is 1. The predicted molar refractivity (Wildman–Crippen MR) is 75.5 cm³/mol. The maximum absolute atomic E-state index is 9.76. The van der Waals surface area contributed by atoms with Gasteiger partial charge in [0.25, 0.3) is 0 Å². The number of hydrogen-bond donors (Lipinski definition) is 1. The molecular formula is C16H20O2. The zero-order valence-electron chi connectivity index (χ0n) is 11.4. The Morgan fingerprint density at radius 2 is 1.83 bits per heavy atom. The van der Waals surface area contributed by atoms with Crippen molar-refractivity contribution in [3.8, 4) is 11.5 Å². The third kappa shape index (κ3) is 2.15. The van der Waals surface area contributed by atoms with Crippen LogP contribution in [0.25, 0.3) is 10.8 Å². The highest BCUT2D eigenvalue weighted by Gasteiger charge is 2.18.